The Morgan fingerprint density at radius 1 is 1.53 bits per heavy atom. The Labute approximate surface area is 95.6 Å². The molecule has 0 radical (unpaired) electrons. The van der Waals surface area contributed by atoms with Gasteiger partial charge in [-0.3, -0.25) is 9.59 Å². The van der Waals surface area contributed by atoms with E-state index in [9.17, 15) is 9.59 Å². The van der Waals surface area contributed by atoms with Gasteiger partial charge in [0.05, 0.1) is 18.4 Å². The molecule has 0 heterocycles. The molecule has 88 valence electrons. The summed E-state index contributed by atoms with van der Waals surface area (Å²) in [6.45, 7) is 2.64. The molecule has 0 bridgehead atoms. The van der Waals surface area contributed by atoms with Gasteiger partial charge in [0.2, 0.25) is 11.8 Å². The Hall–Kier alpha value is -0.750. The third kappa shape index (κ3) is 6.35. The molecule has 0 fully saturated rings. The zero-order valence-corrected chi connectivity index (χ0v) is 10.2. The highest BCUT2D eigenvalue weighted by atomic mass is 32.1. The zero-order valence-electron chi connectivity index (χ0n) is 9.32. The number of amides is 2. The van der Waals surface area contributed by atoms with Crippen molar-refractivity contribution in [2.45, 2.75) is 12.2 Å². The normalized spacial score (nSPS) is 12.0. The highest BCUT2D eigenvalue weighted by molar-refractivity contribution is 7.81. The summed E-state index contributed by atoms with van der Waals surface area (Å²) in [5.41, 5.74) is 0. The number of hydrogen-bond acceptors (Lipinski definition) is 4. The van der Waals surface area contributed by atoms with E-state index < -0.39 is 0 Å². The quantitative estimate of drug-likeness (QED) is 0.482. The molecule has 5 nitrogen and oxygen atoms in total. The molecule has 6 heteroatoms. The smallest absolute Gasteiger partial charge is 0.239 e. The molecule has 0 aromatic carbocycles. The fourth-order valence-electron chi connectivity index (χ4n) is 0.961. The molecule has 0 aromatic rings. The van der Waals surface area contributed by atoms with Crippen molar-refractivity contribution < 1.29 is 14.3 Å². The predicted octanol–water partition coefficient (Wildman–Crippen LogP) is -0.474. The van der Waals surface area contributed by atoms with Crippen LogP contribution in [0, 0.1) is 0 Å². The first kappa shape index (κ1) is 14.2. The van der Waals surface area contributed by atoms with Gasteiger partial charge < -0.3 is 15.0 Å². The Balaban J connectivity index is 3.81. The van der Waals surface area contributed by atoms with E-state index in [1.165, 1.54) is 4.90 Å². The average molecular weight is 234 g/mol. The van der Waals surface area contributed by atoms with Crippen LogP contribution in [-0.2, 0) is 14.3 Å². The van der Waals surface area contributed by atoms with E-state index in [-0.39, 0.29) is 23.6 Å². The van der Waals surface area contributed by atoms with Crippen molar-refractivity contribution in [2.24, 2.45) is 0 Å². The van der Waals surface area contributed by atoms with Crippen LogP contribution in [-0.4, -0.2) is 55.8 Å². The average Bonchev–Trinajstić information content (AvgIpc) is 2.16. The van der Waals surface area contributed by atoms with Crippen LogP contribution in [0.1, 0.15) is 6.92 Å². The predicted molar refractivity (Wildman–Crippen MR) is 61.0 cm³/mol. The molecule has 1 N–H and O–H groups in total. The molecular formula is C9H18N2O3S. The minimum atomic E-state index is -0.387. The van der Waals surface area contributed by atoms with Crippen molar-refractivity contribution in [3.63, 3.8) is 0 Å². The van der Waals surface area contributed by atoms with Gasteiger partial charge in [-0.1, -0.05) is 0 Å². The monoisotopic (exact) mass is 234 g/mol. The Bertz CT molecular complexity index is 221. The summed E-state index contributed by atoms with van der Waals surface area (Å²) in [6.07, 6.45) is 0. The van der Waals surface area contributed by atoms with Crippen molar-refractivity contribution >= 4 is 24.4 Å². The van der Waals surface area contributed by atoms with Crippen LogP contribution in [0.25, 0.3) is 0 Å². The van der Waals surface area contributed by atoms with Gasteiger partial charge in [-0.2, -0.15) is 12.6 Å². The van der Waals surface area contributed by atoms with E-state index in [0.29, 0.717) is 13.2 Å². The van der Waals surface area contributed by atoms with E-state index in [0.717, 1.165) is 0 Å². The Kier molecular flexibility index (Phi) is 7.15. The standard InChI is InChI=1S/C9H18N2O3S/c1-7(15)9(13)11(2)6-8(12)10-4-5-14-3/h7,15H,4-6H2,1-3H3,(H,10,12). The lowest BCUT2D eigenvalue weighted by Crippen LogP contribution is -2.41. The summed E-state index contributed by atoms with van der Waals surface area (Å²) in [5, 5.41) is 2.24. The van der Waals surface area contributed by atoms with Gasteiger partial charge in [0.1, 0.15) is 0 Å². The van der Waals surface area contributed by atoms with E-state index in [4.69, 9.17) is 4.74 Å². The second kappa shape index (κ2) is 7.53. The minimum absolute atomic E-state index is 0.0491. The molecule has 0 rings (SSSR count). The SMILES string of the molecule is COCCNC(=O)CN(C)C(=O)C(C)S. The molecule has 0 spiro atoms. The van der Waals surface area contributed by atoms with Crippen molar-refractivity contribution in [1.29, 1.82) is 0 Å². The van der Waals surface area contributed by atoms with Crippen LogP contribution < -0.4 is 5.32 Å². The second-order valence-electron chi connectivity index (χ2n) is 3.21. The highest BCUT2D eigenvalue weighted by Gasteiger charge is 2.15. The maximum atomic E-state index is 11.4. The van der Waals surface area contributed by atoms with Crippen molar-refractivity contribution in [3.05, 3.63) is 0 Å². The topological polar surface area (TPSA) is 58.6 Å². The van der Waals surface area contributed by atoms with Gasteiger partial charge in [-0.15, -0.1) is 0 Å². The molecular weight excluding hydrogens is 216 g/mol. The summed E-state index contributed by atoms with van der Waals surface area (Å²) in [7, 11) is 3.13. The molecule has 0 aliphatic heterocycles. The molecule has 2 amide bonds. The van der Waals surface area contributed by atoms with Gasteiger partial charge in [-0.05, 0) is 6.92 Å². The van der Waals surface area contributed by atoms with Crippen LogP contribution in [0.2, 0.25) is 0 Å². The van der Waals surface area contributed by atoms with Crippen molar-refractivity contribution in [1.82, 2.24) is 10.2 Å². The van der Waals surface area contributed by atoms with E-state index in [1.54, 1.807) is 21.1 Å². The summed E-state index contributed by atoms with van der Waals surface area (Å²) < 4.78 is 4.78. The maximum absolute atomic E-state index is 11.4. The van der Waals surface area contributed by atoms with E-state index in [1.807, 2.05) is 0 Å². The maximum Gasteiger partial charge on any atom is 0.239 e. The lowest BCUT2D eigenvalue weighted by Gasteiger charge is -2.18. The lowest BCUT2D eigenvalue weighted by atomic mass is 10.4. The first-order chi connectivity index (χ1) is 6.99. The largest absolute Gasteiger partial charge is 0.383 e. The number of carbonyl (C=O) groups excluding carboxylic acids is 2. The number of methoxy groups -OCH3 is 1. The van der Waals surface area contributed by atoms with Crippen molar-refractivity contribution in [3.8, 4) is 0 Å². The lowest BCUT2D eigenvalue weighted by molar-refractivity contribution is -0.134. The number of hydrogen-bond donors (Lipinski definition) is 2. The number of ether oxygens (including phenoxy) is 1. The third-order valence-electron chi connectivity index (χ3n) is 1.74. The Morgan fingerprint density at radius 2 is 2.13 bits per heavy atom. The Morgan fingerprint density at radius 3 is 2.60 bits per heavy atom. The van der Waals surface area contributed by atoms with Crippen LogP contribution in [0.5, 0.6) is 0 Å². The van der Waals surface area contributed by atoms with E-state index in [2.05, 4.69) is 17.9 Å². The fourth-order valence-corrected chi connectivity index (χ4v) is 1.16. The van der Waals surface area contributed by atoms with Crippen LogP contribution in [0.3, 0.4) is 0 Å². The van der Waals surface area contributed by atoms with Gasteiger partial charge in [0.25, 0.3) is 0 Å². The van der Waals surface area contributed by atoms with Gasteiger partial charge >= 0.3 is 0 Å². The number of thiol groups is 1. The first-order valence-corrected chi connectivity index (χ1v) is 5.19. The summed E-state index contributed by atoms with van der Waals surface area (Å²) in [4.78, 5) is 24.0. The summed E-state index contributed by atoms with van der Waals surface area (Å²) in [5.74, 6) is -0.364. The zero-order chi connectivity index (χ0) is 11.8. The van der Waals surface area contributed by atoms with Crippen LogP contribution >= 0.6 is 12.6 Å². The van der Waals surface area contributed by atoms with Crippen LogP contribution in [0.15, 0.2) is 0 Å². The van der Waals surface area contributed by atoms with Gasteiger partial charge in [0.15, 0.2) is 0 Å². The van der Waals surface area contributed by atoms with E-state index >= 15 is 0 Å². The number of nitrogens with zero attached hydrogens (tertiary/aromatic N) is 1. The number of likely N-dealkylation sites (N-methyl/N-ethyl adjacent to an activating group) is 1. The molecule has 1 atom stereocenters. The molecule has 0 aromatic heterocycles. The van der Waals surface area contributed by atoms with Gasteiger partial charge in [-0.25, -0.2) is 0 Å². The fraction of sp³-hybridized carbons (Fsp3) is 0.778. The summed E-state index contributed by atoms with van der Waals surface area (Å²) in [6, 6.07) is 0. The van der Waals surface area contributed by atoms with Gasteiger partial charge in [0, 0.05) is 20.7 Å². The highest BCUT2D eigenvalue weighted by Crippen LogP contribution is 1.97. The number of rotatable bonds is 6. The first-order valence-electron chi connectivity index (χ1n) is 4.67. The molecule has 1 unspecified atom stereocenters. The van der Waals surface area contributed by atoms with Crippen molar-refractivity contribution in [2.75, 3.05) is 33.9 Å². The minimum Gasteiger partial charge on any atom is -0.383 e. The third-order valence-corrected chi connectivity index (χ3v) is 1.96. The molecule has 15 heavy (non-hydrogen) atoms. The summed E-state index contributed by atoms with van der Waals surface area (Å²) >= 11 is 4.00. The number of nitrogens with one attached hydrogen (secondary N) is 1. The molecule has 0 aliphatic carbocycles. The molecule has 0 saturated heterocycles. The van der Waals surface area contributed by atoms with Crippen LogP contribution in [0.4, 0.5) is 0 Å². The number of carbonyl (C=O) groups is 2. The molecule has 0 saturated carbocycles. The second-order valence-corrected chi connectivity index (χ2v) is 3.99. The molecule has 0 aliphatic rings.